The van der Waals surface area contributed by atoms with E-state index >= 15 is 0 Å². The Morgan fingerprint density at radius 1 is 1.18 bits per heavy atom. The van der Waals surface area contributed by atoms with E-state index in [1.165, 1.54) is 14.2 Å². The number of amides is 2. The zero-order valence-electron chi connectivity index (χ0n) is 14.4. The zero-order chi connectivity index (χ0) is 17.1. The van der Waals surface area contributed by atoms with Crippen LogP contribution < -0.4 is 11.1 Å². The van der Waals surface area contributed by atoms with Crippen LogP contribution >= 0.6 is 0 Å². The van der Waals surface area contributed by atoms with Crippen LogP contribution in [0.3, 0.4) is 0 Å². The van der Waals surface area contributed by atoms with E-state index in [-0.39, 0.29) is 12.6 Å². The number of carbonyl (C=O) groups is 2. The molecule has 0 aromatic heterocycles. The van der Waals surface area contributed by atoms with Gasteiger partial charge in [-0.05, 0) is 40.5 Å². The first-order chi connectivity index (χ1) is 10.0. The molecule has 1 heterocycles. The second-order valence-electron chi connectivity index (χ2n) is 7.04. The maximum Gasteiger partial charge on any atom is 0.312 e. The summed E-state index contributed by atoms with van der Waals surface area (Å²) in [6.07, 6.45) is 0.746. The van der Waals surface area contributed by atoms with E-state index in [9.17, 15) is 9.59 Å². The van der Waals surface area contributed by atoms with Crippen molar-refractivity contribution in [2.45, 2.75) is 63.9 Å². The van der Waals surface area contributed by atoms with E-state index in [1.807, 2.05) is 27.7 Å². The molecule has 1 fully saturated rings. The van der Waals surface area contributed by atoms with E-state index in [0.29, 0.717) is 12.8 Å². The number of hydrogen-bond donors (Lipinski definition) is 2. The van der Waals surface area contributed by atoms with Gasteiger partial charge in [-0.25, -0.2) is 0 Å². The second kappa shape index (κ2) is 6.93. The maximum absolute atomic E-state index is 12.6. The predicted molar refractivity (Wildman–Crippen MR) is 83.0 cm³/mol. The molecular weight excluding hydrogens is 286 g/mol. The van der Waals surface area contributed by atoms with Gasteiger partial charge in [-0.2, -0.15) is 0 Å². The van der Waals surface area contributed by atoms with E-state index < -0.39 is 29.2 Å². The van der Waals surface area contributed by atoms with E-state index in [2.05, 4.69) is 5.32 Å². The number of carbonyl (C=O) groups excluding carboxylic acids is 2. The maximum atomic E-state index is 12.6. The highest BCUT2D eigenvalue weighted by Gasteiger charge is 2.48. The Hall–Kier alpha value is -1.18. The lowest BCUT2D eigenvalue weighted by Gasteiger charge is -2.54. The average molecular weight is 315 g/mol. The van der Waals surface area contributed by atoms with Gasteiger partial charge in [0.05, 0.1) is 6.54 Å². The fourth-order valence-corrected chi connectivity index (χ4v) is 3.52. The smallest absolute Gasteiger partial charge is 0.312 e. The third kappa shape index (κ3) is 4.18. The molecule has 0 aromatic carbocycles. The number of rotatable bonds is 4. The highest BCUT2D eigenvalue weighted by molar-refractivity contribution is 6.35. The van der Waals surface area contributed by atoms with Crippen molar-refractivity contribution in [1.29, 1.82) is 0 Å². The summed E-state index contributed by atoms with van der Waals surface area (Å²) in [4.78, 5) is 26.5. The number of ether oxygens (including phenoxy) is 2. The van der Waals surface area contributed by atoms with Crippen LogP contribution in [-0.2, 0) is 19.1 Å². The molecule has 1 aliphatic heterocycles. The molecule has 0 unspecified atom stereocenters. The number of nitrogens with zero attached hydrogens (tertiary/aromatic N) is 1. The van der Waals surface area contributed by atoms with E-state index in [4.69, 9.17) is 15.2 Å². The molecule has 1 rings (SSSR count). The number of hydrogen-bond acceptors (Lipinski definition) is 5. The van der Waals surface area contributed by atoms with Crippen LogP contribution in [0.15, 0.2) is 0 Å². The highest BCUT2D eigenvalue weighted by atomic mass is 16.7. The first kappa shape index (κ1) is 18.9. The Kier molecular flexibility index (Phi) is 5.95. The summed E-state index contributed by atoms with van der Waals surface area (Å²) in [6.45, 7) is 7.86. The fourth-order valence-electron chi connectivity index (χ4n) is 3.52. The lowest BCUT2D eigenvalue weighted by atomic mass is 9.77. The van der Waals surface area contributed by atoms with Crippen LogP contribution in [0, 0.1) is 0 Å². The predicted octanol–water partition coefficient (Wildman–Crippen LogP) is 0.228. The SMILES string of the molecule is COC(CNC(=O)C(=O)N1C(C)(C)CC(N)CC1(C)C)OC. The summed E-state index contributed by atoms with van der Waals surface area (Å²) in [6, 6.07) is 0.0171. The van der Waals surface area contributed by atoms with E-state index in [0.717, 1.165) is 0 Å². The third-order valence-electron chi connectivity index (χ3n) is 4.09. The van der Waals surface area contributed by atoms with Gasteiger partial charge >= 0.3 is 11.8 Å². The van der Waals surface area contributed by atoms with Gasteiger partial charge in [0.2, 0.25) is 0 Å². The van der Waals surface area contributed by atoms with Crippen LogP contribution in [-0.4, -0.2) is 60.9 Å². The molecule has 7 heteroatoms. The molecule has 1 saturated heterocycles. The number of piperidine rings is 1. The van der Waals surface area contributed by atoms with Crippen molar-refractivity contribution in [1.82, 2.24) is 10.2 Å². The summed E-state index contributed by atoms with van der Waals surface area (Å²) < 4.78 is 9.99. The van der Waals surface area contributed by atoms with Crippen LogP contribution in [0.2, 0.25) is 0 Å². The standard InChI is InChI=1S/C15H29N3O4/c1-14(2)7-10(16)8-15(3,4)18(14)13(20)12(19)17-9-11(21-5)22-6/h10-11H,7-9,16H2,1-6H3,(H,17,19). The molecule has 0 atom stereocenters. The molecule has 7 nitrogen and oxygen atoms in total. The summed E-state index contributed by atoms with van der Waals surface area (Å²) >= 11 is 0. The van der Waals surface area contributed by atoms with Crippen molar-refractivity contribution in [3.8, 4) is 0 Å². The van der Waals surface area contributed by atoms with Crippen molar-refractivity contribution in [2.75, 3.05) is 20.8 Å². The third-order valence-corrected chi connectivity index (χ3v) is 4.09. The molecule has 0 saturated carbocycles. The molecular formula is C15H29N3O4. The Balaban J connectivity index is 2.83. The minimum Gasteiger partial charge on any atom is -0.354 e. The number of nitrogens with one attached hydrogen (secondary N) is 1. The lowest BCUT2D eigenvalue weighted by Crippen LogP contribution is -2.67. The van der Waals surface area contributed by atoms with E-state index in [1.54, 1.807) is 4.90 Å². The summed E-state index contributed by atoms with van der Waals surface area (Å²) in [7, 11) is 2.95. The summed E-state index contributed by atoms with van der Waals surface area (Å²) in [5.74, 6) is -1.21. The normalized spacial score (nSPS) is 21.0. The van der Waals surface area contributed by atoms with Gasteiger partial charge in [0.1, 0.15) is 0 Å². The molecule has 2 amide bonds. The quantitative estimate of drug-likeness (QED) is 0.572. The molecule has 0 radical (unpaired) electrons. The average Bonchev–Trinajstić information content (AvgIpc) is 2.35. The van der Waals surface area contributed by atoms with Gasteiger partial charge in [0.15, 0.2) is 6.29 Å². The number of nitrogens with two attached hydrogens (primary N) is 1. The van der Waals surface area contributed by atoms with Gasteiger partial charge in [-0.1, -0.05) is 0 Å². The molecule has 0 bridgehead atoms. The summed E-state index contributed by atoms with van der Waals surface area (Å²) in [5.41, 5.74) is 5.14. The molecule has 128 valence electrons. The van der Waals surface area contributed by atoms with Crippen molar-refractivity contribution in [2.24, 2.45) is 5.73 Å². The van der Waals surface area contributed by atoms with Gasteiger partial charge in [0.25, 0.3) is 0 Å². The highest BCUT2D eigenvalue weighted by Crippen LogP contribution is 2.37. The Morgan fingerprint density at radius 2 is 1.64 bits per heavy atom. The van der Waals surface area contributed by atoms with Crippen LogP contribution in [0.25, 0.3) is 0 Å². The first-order valence-corrected chi connectivity index (χ1v) is 7.49. The second-order valence-corrected chi connectivity index (χ2v) is 7.04. The molecule has 1 aliphatic rings. The first-order valence-electron chi connectivity index (χ1n) is 7.49. The van der Waals surface area contributed by atoms with Crippen molar-refractivity contribution < 1.29 is 19.1 Å². The Bertz CT molecular complexity index is 401. The van der Waals surface area contributed by atoms with Crippen molar-refractivity contribution in [3.63, 3.8) is 0 Å². The molecule has 0 aliphatic carbocycles. The van der Waals surface area contributed by atoms with Crippen LogP contribution in [0.1, 0.15) is 40.5 Å². The minimum absolute atomic E-state index is 0.0171. The molecule has 22 heavy (non-hydrogen) atoms. The fraction of sp³-hybridized carbons (Fsp3) is 0.867. The minimum atomic E-state index is -0.657. The van der Waals surface area contributed by atoms with Gasteiger partial charge < -0.3 is 25.4 Å². The number of likely N-dealkylation sites (tertiary alicyclic amines) is 1. The lowest BCUT2D eigenvalue weighted by molar-refractivity contribution is -0.160. The zero-order valence-corrected chi connectivity index (χ0v) is 14.4. The Labute approximate surface area is 132 Å². The monoisotopic (exact) mass is 315 g/mol. The van der Waals surface area contributed by atoms with Crippen LogP contribution in [0.5, 0.6) is 0 Å². The summed E-state index contributed by atoms with van der Waals surface area (Å²) in [5, 5.41) is 2.56. The molecule has 0 aromatic rings. The Morgan fingerprint density at radius 3 is 2.05 bits per heavy atom. The van der Waals surface area contributed by atoms with Gasteiger partial charge in [-0.15, -0.1) is 0 Å². The van der Waals surface area contributed by atoms with Crippen molar-refractivity contribution in [3.05, 3.63) is 0 Å². The topological polar surface area (TPSA) is 93.9 Å². The van der Waals surface area contributed by atoms with Crippen LogP contribution in [0.4, 0.5) is 0 Å². The number of methoxy groups -OCH3 is 2. The molecule has 0 spiro atoms. The largest absolute Gasteiger partial charge is 0.354 e. The van der Waals surface area contributed by atoms with Gasteiger partial charge in [-0.3, -0.25) is 9.59 Å². The van der Waals surface area contributed by atoms with Crippen molar-refractivity contribution >= 4 is 11.8 Å². The molecule has 3 N–H and O–H groups in total. The van der Waals surface area contributed by atoms with Gasteiger partial charge in [0, 0.05) is 31.3 Å².